The number of halogens is 1. The molecule has 0 unspecified atom stereocenters. The van der Waals surface area contributed by atoms with Gasteiger partial charge < -0.3 is 10.5 Å². The first-order chi connectivity index (χ1) is 7.18. The molecule has 1 aliphatic rings. The smallest absolute Gasteiger partial charge is 0.0649 e. The molecule has 0 bridgehead atoms. The van der Waals surface area contributed by atoms with Crippen molar-refractivity contribution in [3.05, 3.63) is 34.9 Å². The summed E-state index contributed by atoms with van der Waals surface area (Å²) in [7, 11) is 0. The molecule has 2 nitrogen and oxygen atoms in total. The Labute approximate surface area is 95.4 Å². The van der Waals surface area contributed by atoms with Crippen LogP contribution in [0.4, 0.5) is 0 Å². The van der Waals surface area contributed by atoms with E-state index in [1.54, 1.807) is 0 Å². The SMILES string of the molecule is N[C@@]1(Cc2ccc(Cl)cc2)CCCOC1. The number of nitrogens with two attached hydrogens (primary N) is 1. The molecular formula is C12H16ClNO. The summed E-state index contributed by atoms with van der Waals surface area (Å²) in [4.78, 5) is 0. The number of hydrogen-bond acceptors (Lipinski definition) is 2. The van der Waals surface area contributed by atoms with Gasteiger partial charge in [0.15, 0.2) is 0 Å². The van der Waals surface area contributed by atoms with Gasteiger partial charge in [0.05, 0.1) is 6.61 Å². The summed E-state index contributed by atoms with van der Waals surface area (Å²) in [6.07, 6.45) is 2.96. The zero-order valence-corrected chi connectivity index (χ0v) is 9.46. The van der Waals surface area contributed by atoms with Gasteiger partial charge in [-0.2, -0.15) is 0 Å². The molecule has 1 heterocycles. The Hall–Kier alpha value is -0.570. The molecular weight excluding hydrogens is 210 g/mol. The third kappa shape index (κ3) is 2.94. The Bertz CT molecular complexity index is 317. The second-order valence-corrected chi connectivity index (χ2v) is 4.76. The maximum absolute atomic E-state index is 6.27. The van der Waals surface area contributed by atoms with E-state index in [-0.39, 0.29) is 5.54 Å². The highest BCUT2D eigenvalue weighted by molar-refractivity contribution is 6.30. The van der Waals surface area contributed by atoms with E-state index in [0.29, 0.717) is 6.61 Å². The molecule has 1 saturated heterocycles. The van der Waals surface area contributed by atoms with Gasteiger partial charge in [-0.25, -0.2) is 0 Å². The van der Waals surface area contributed by atoms with E-state index < -0.39 is 0 Å². The molecule has 15 heavy (non-hydrogen) atoms. The molecule has 3 heteroatoms. The van der Waals surface area contributed by atoms with E-state index in [9.17, 15) is 0 Å². The summed E-state index contributed by atoms with van der Waals surface area (Å²) in [5.74, 6) is 0. The quantitative estimate of drug-likeness (QED) is 0.839. The van der Waals surface area contributed by atoms with Gasteiger partial charge in [0.1, 0.15) is 0 Å². The van der Waals surface area contributed by atoms with Crippen LogP contribution in [-0.2, 0) is 11.2 Å². The van der Waals surface area contributed by atoms with Crippen molar-refractivity contribution in [3.8, 4) is 0 Å². The fourth-order valence-electron chi connectivity index (χ4n) is 2.02. The van der Waals surface area contributed by atoms with Gasteiger partial charge in [0.2, 0.25) is 0 Å². The van der Waals surface area contributed by atoms with Crippen molar-refractivity contribution in [3.63, 3.8) is 0 Å². The minimum absolute atomic E-state index is 0.188. The maximum atomic E-state index is 6.27. The van der Waals surface area contributed by atoms with Crippen LogP contribution in [-0.4, -0.2) is 18.8 Å². The van der Waals surface area contributed by atoms with E-state index in [1.807, 2.05) is 24.3 Å². The van der Waals surface area contributed by atoms with Crippen molar-refractivity contribution in [2.75, 3.05) is 13.2 Å². The Morgan fingerprint density at radius 2 is 2.07 bits per heavy atom. The molecule has 0 aromatic heterocycles. The molecule has 1 fully saturated rings. The van der Waals surface area contributed by atoms with Crippen molar-refractivity contribution in [2.45, 2.75) is 24.8 Å². The third-order valence-electron chi connectivity index (χ3n) is 2.82. The lowest BCUT2D eigenvalue weighted by Crippen LogP contribution is -2.49. The first-order valence-electron chi connectivity index (χ1n) is 5.29. The summed E-state index contributed by atoms with van der Waals surface area (Å²) in [6.45, 7) is 1.51. The molecule has 2 rings (SSSR count). The predicted molar refractivity (Wildman–Crippen MR) is 62.1 cm³/mol. The van der Waals surface area contributed by atoms with Crippen molar-refractivity contribution >= 4 is 11.6 Å². The van der Waals surface area contributed by atoms with Crippen molar-refractivity contribution < 1.29 is 4.74 Å². The van der Waals surface area contributed by atoms with Gasteiger partial charge in [-0.1, -0.05) is 23.7 Å². The predicted octanol–water partition coefficient (Wildman–Crippen LogP) is 2.39. The summed E-state index contributed by atoms with van der Waals surface area (Å²) >= 11 is 5.83. The molecule has 82 valence electrons. The van der Waals surface area contributed by atoms with Crippen LogP contribution in [0.1, 0.15) is 18.4 Å². The highest BCUT2D eigenvalue weighted by atomic mass is 35.5. The second kappa shape index (κ2) is 4.52. The van der Waals surface area contributed by atoms with Crippen LogP contribution < -0.4 is 5.73 Å². The topological polar surface area (TPSA) is 35.2 Å². The summed E-state index contributed by atoms with van der Waals surface area (Å²) in [6, 6.07) is 7.88. The normalized spacial score (nSPS) is 26.5. The minimum atomic E-state index is -0.188. The summed E-state index contributed by atoms with van der Waals surface area (Å²) in [5, 5.41) is 0.768. The van der Waals surface area contributed by atoms with Crippen molar-refractivity contribution in [2.24, 2.45) is 5.73 Å². The Balaban J connectivity index is 2.03. The molecule has 0 radical (unpaired) electrons. The lowest BCUT2D eigenvalue weighted by molar-refractivity contribution is 0.0382. The number of hydrogen-bond donors (Lipinski definition) is 1. The highest BCUT2D eigenvalue weighted by Crippen LogP contribution is 2.22. The lowest BCUT2D eigenvalue weighted by Gasteiger charge is -2.33. The lowest BCUT2D eigenvalue weighted by atomic mass is 9.87. The van der Waals surface area contributed by atoms with Crippen LogP contribution >= 0.6 is 11.6 Å². The summed E-state index contributed by atoms with van der Waals surface area (Å²) < 4.78 is 5.43. The Kier molecular flexibility index (Phi) is 3.29. The molecule has 2 N–H and O–H groups in total. The third-order valence-corrected chi connectivity index (χ3v) is 3.07. The average Bonchev–Trinajstić information content (AvgIpc) is 2.22. The Morgan fingerprint density at radius 3 is 2.67 bits per heavy atom. The second-order valence-electron chi connectivity index (χ2n) is 4.32. The standard InChI is InChI=1S/C12H16ClNO/c13-11-4-2-10(3-5-11)8-12(14)6-1-7-15-9-12/h2-5H,1,6-9,14H2/t12-/m1/s1. The summed E-state index contributed by atoms with van der Waals surface area (Å²) in [5.41, 5.74) is 7.31. The van der Waals surface area contributed by atoms with Crippen LogP contribution in [0.25, 0.3) is 0 Å². The van der Waals surface area contributed by atoms with Crippen molar-refractivity contribution in [1.29, 1.82) is 0 Å². The molecule has 0 saturated carbocycles. The molecule has 0 aliphatic carbocycles. The molecule has 1 aliphatic heterocycles. The van der Waals surface area contributed by atoms with Crippen LogP contribution in [0.15, 0.2) is 24.3 Å². The zero-order valence-electron chi connectivity index (χ0n) is 8.71. The van der Waals surface area contributed by atoms with E-state index >= 15 is 0 Å². The maximum Gasteiger partial charge on any atom is 0.0649 e. The van der Waals surface area contributed by atoms with Crippen LogP contribution in [0.2, 0.25) is 5.02 Å². The number of rotatable bonds is 2. The van der Waals surface area contributed by atoms with E-state index in [0.717, 1.165) is 30.9 Å². The fourth-order valence-corrected chi connectivity index (χ4v) is 2.15. The molecule has 0 amide bonds. The first kappa shape index (κ1) is 10.9. The number of ether oxygens (including phenoxy) is 1. The van der Waals surface area contributed by atoms with Crippen LogP contribution in [0.3, 0.4) is 0 Å². The number of benzene rings is 1. The fraction of sp³-hybridized carbons (Fsp3) is 0.500. The zero-order chi connectivity index (χ0) is 10.7. The minimum Gasteiger partial charge on any atom is -0.380 e. The van der Waals surface area contributed by atoms with Crippen LogP contribution in [0.5, 0.6) is 0 Å². The van der Waals surface area contributed by atoms with Gasteiger partial charge >= 0.3 is 0 Å². The van der Waals surface area contributed by atoms with E-state index in [4.69, 9.17) is 22.1 Å². The van der Waals surface area contributed by atoms with Gasteiger partial charge in [-0.3, -0.25) is 0 Å². The highest BCUT2D eigenvalue weighted by Gasteiger charge is 2.28. The Morgan fingerprint density at radius 1 is 1.33 bits per heavy atom. The largest absolute Gasteiger partial charge is 0.380 e. The van der Waals surface area contributed by atoms with Crippen molar-refractivity contribution in [1.82, 2.24) is 0 Å². The molecule has 0 spiro atoms. The van der Waals surface area contributed by atoms with Gasteiger partial charge in [0, 0.05) is 17.2 Å². The monoisotopic (exact) mass is 225 g/mol. The van der Waals surface area contributed by atoms with Crippen LogP contribution in [0, 0.1) is 0 Å². The van der Waals surface area contributed by atoms with E-state index in [1.165, 1.54) is 5.56 Å². The average molecular weight is 226 g/mol. The molecule has 1 aromatic rings. The van der Waals surface area contributed by atoms with Gasteiger partial charge in [-0.15, -0.1) is 0 Å². The van der Waals surface area contributed by atoms with Gasteiger partial charge in [-0.05, 0) is 37.0 Å². The molecule has 1 atom stereocenters. The first-order valence-corrected chi connectivity index (χ1v) is 5.67. The van der Waals surface area contributed by atoms with Gasteiger partial charge in [0.25, 0.3) is 0 Å². The molecule has 1 aromatic carbocycles. The van der Waals surface area contributed by atoms with E-state index in [2.05, 4.69) is 0 Å².